The van der Waals surface area contributed by atoms with Crippen molar-refractivity contribution in [1.29, 1.82) is 0 Å². The zero-order valence-corrected chi connectivity index (χ0v) is 9.40. The number of carboxylic acid groups (broad SMARTS) is 1. The number of ether oxygens (including phenoxy) is 1. The van der Waals surface area contributed by atoms with Gasteiger partial charge in [0.2, 0.25) is 0 Å². The molecule has 0 aliphatic carbocycles. The number of halogens is 1. The van der Waals surface area contributed by atoms with Crippen LogP contribution in [0.3, 0.4) is 0 Å². The zero-order valence-electron chi connectivity index (χ0n) is 8.64. The Balaban J connectivity index is 2.74. The minimum absolute atomic E-state index is 0.105. The Labute approximate surface area is 97.8 Å². The molecule has 0 aliphatic heterocycles. The van der Waals surface area contributed by atoms with Crippen molar-refractivity contribution in [3.05, 3.63) is 28.8 Å². The van der Waals surface area contributed by atoms with E-state index in [1.165, 1.54) is 6.07 Å². The van der Waals surface area contributed by atoms with Gasteiger partial charge in [0.05, 0.1) is 11.4 Å². The van der Waals surface area contributed by atoms with Crippen molar-refractivity contribution in [2.24, 2.45) is 0 Å². The predicted octanol–water partition coefficient (Wildman–Crippen LogP) is 2.39. The van der Waals surface area contributed by atoms with Crippen LogP contribution >= 0.6 is 11.6 Å². The first-order valence-corrected chi connectivity index (χ1v) is 5.04. The van der Waals surface area contributed by atoms with Gasteiger partial charge in [-0.05, 0) is 25.1 Å². The molecule has 0 saturated carbocycles. The van der Waals surface area contributed by atoms with Gasteiger partial charge in [0.1, 0.15) is 18.1 Å². The summed E-state index contributed by atoms with van der Waals surface area (Å²) in [6.45, 7) is 1.64. The normalized spacial score (nSPS) is 11.9. The van der Waals surface area contributed by atoms with Gasteiger partial charge in [0, 0.05) is 5.56 Å². The van der Waals surface area contributed by atoms with Crippen LogP contribution in [0.15, 0.2) is 18.2 Å². The van der Waals surface area contributed by atoms with Gasteiger partial charge < -0.3 is 9.84 Å². The number of carboxylic acids is 1. The topological polar surface area (TPSA) is 63.6 Å². The summed E-state index contributed by atoms with van der Waals surface area (Å²) in [6.07, 6.45) is 0.0966. The van der Waals surface area contributed by atoms with E-state index in [-0.39, 0.29) is 6.42 Å². The Morgan fingerprint density at radius 1 is 1.62 bits per heavy atom. The van der Waals surface area contributed by atoms with Crippen molar-refractivity contribution in [2.75, 3.05) is 0 Å². The standard InChI is InChI=1S/C11H11ClO4/c1-7(4-11(14)15)16-10-3-2-8(6-13)5-9(10)12/h2-3,5-7H,4H2,1H3,(H,14,15)/t7-/m0/s1. The lowest BCUT2D eigenvalue weighted by Crippen LogP contribution is -2.16. The molecule has 5 heteroatoms. The first kappa shape index (κ1) is 12.5. The smallest absolute Gasteiger partial charge is 0.307 e. The zero-order chi connectivity index (χ0) is 12.1. The van der Waals surface area contributed by atoms with Gasteiger partial charge in [-0.25, -0.2) is 0 Å². The van der Waals surface area contributed by atoms with Gasteiger partial charge in [-0.1, -0.05) is 11.6 Å². The maximum atomic E-state index is 10.5. The molecule has 0 spiro atoms. The molecule has 1 atom stereocenters. The van der Waals surface area contributed by atoms with Crippen LogP contribution in [-0.4, -0.2) is 23.5 Å². The average Bonchev–Trinajstić information content (AvgIpc) is 2.19. The van der Waals surface area contributed by atoms with Crippen LogP contribution < -0.4 is 4.74 Å². The molecule has 1 N–H and O–H groups in total. The van der Waals surface area contributed by atoms with Crippen molar-refractivity contribution in [2.45, 2.75) is 19.4 Å². The van der Waals surface area contributed by atoms with Gasteiger partial charge in [-0.3, -0.25) is 9.59 Å². The maximum Gasteiger partial charge on any atom is 0.307 e. The second-order valence-corrected chi connectivity index (χ2v) is 3.74. The number of benzene rings is 1. The molecule has 0 heterocycles. The number of aliphatic carboxylic acids is 1. The molecular formula is C11H11ClO4. The van der Waals surface area contributed by atoms with Crippen LogP contribution in [0, 0.1) is 0 Å². The maximum absolute atomic E-state index is 10.5. The van der Waals surface area contributed by atoms with Crippen LogP contribution in [-0.2, 0) is 4.79 Å². The molecule has 0 aliphatic rings. The van der Waals surface area contributed by atoms with E-state index >= 15 is 0 Å². The molecule has 0 fully saturated rings. The van der Waals surface area contributed by atoms with E-state index in [2.05, 4.69) is 0 Å². The number of carbonyl (C=O) groups excluding carboxylic acids is 1. The van der Waals surface area contributed by atoms with Crippen molar-refractivity contribution < 1.29 is 19.4 Å². The quantitative estimate of drug-likeness (QED) is 0.806. The van der Waals surface area contributed by atoms with Crippen molar-refractivity contribution >= 4 is 23.9 Å². The fourth-order valence-corrected chi connectivity index (χ4v) is 1.42. The van der Waals surface area contributed by atoms with Crippen LogP contribution in [0.1, 0.15) is 23.7 Å². The van der Waals surface area contributed by atoms with Gasteiger partial charge in [0.25, 0.3) is 0 Å². The van der Waals surface area contributed by atoms with Gasteiger partial charge in [0.15, 0.2) is 0 Å². The summed E-state index contributed by atoms with van der Waals surface area (Å²) in [5.41, 5.74) is 0.447. The number of hydrogen-bond acceptors (Lipinski definition) is 3. The van der Waals surface area contributed by atoms with Crippen LogP contribution in [0.5, 0.6) is 5.75 Å². The Morgan fingerprint density at radius 2 is 2.31 bits per heavy atom. The third kappa shape index (κ3) is 3.55. The lowest BCUT2D eigenvalue weighted by atomic mass is 10.2. The van der Waals surface area contributed by atoms with E-state index in [1.54, 1.807) is 19.1 Å². The fraction of sp³-hybridized carbons (Fsp3) is 0.273. The number of hydrogen-bond donors (Lipinski definition) is 1. The van der Waals surface area contributed by atoms with Crippen molar-refractivity contribution in [3.63, 3.8) is 0 Å². The summed E-state index contributed by atoms with van der Waals surface area (Å²) < 4.78 is 5.33. The molecule has 1 aromatic rings. The summed E-state index contributed by atoms with van der Waals surface area (Å²) in [5.74, 6) is -0.561. The fourth-order valence-electron chi connectivity index (χ4n) is 1.19. The third-order valence-corrected chi connectivity index (χ3v) is 2.18. The Hall–Kier alpha value is -1.55. The molecular weight excluding hydrogens is 232 g/mol. The van der Waals surface area contributed by atoms with Crippen LogP contribution in [0.4, 0.5) is 0 Å². The minimum Gasteiger partial charge on any atom is -0.489 e. The molecule has 1 rings (SSSR count). The molecule has 0 unspecified atom stereocenters. The summed E-state index contributed by atoms with van der Waals surface area (Å²) in [4.78, 5) is 20.9. The monoisotopic (exact) mass is 242 g/mol. The summed E-state index contributed by atoms with van der Waals surface area (Å²) >= 11 is 5.86. The predicted molar refractivity (Wildman–Crippen MR) is 59.2 cm³/mol. The highest BCUT2D eigenvalue weighted by Gasteiger charge is 2.11. The summed E-state index contributed by atoms with van der Waals surface area (Å²) in [7, 11) is 0. The number of carbonyl (C=O) groups is 2. The number of rotatable bonds is 5. The molecule has 0 saturated heterocycles. The lowest BCUT2D eigenvalue weighted by molar-refractivity contribution is -0.138. The molecule has 0 amide bonds. The first-order valence-electron chi connectivity index (χ1n) is 4.66. The molecule has 1 aromatic carbocycles. The van der Waals surface area contributed by atoms with Crippen molar-refractivity contribution in [1.82, 2.24) is 0 Å². The summed E-state index contributed by atoms with van der Waals surface area (Å²) in [5, 5.41) is 8.85. The second kappa shape index (κ2) is 5.51. The SMILES string of the molecule is C[C@@H](CC(=O)O)Oc1ccc(C=O)cc1Cl. The highest BCUT2D eigenvalue weighted by Crippen LogP contribution is 2.26. The van der Waals surface area contributed by atoms with E-state index in [4.69, 9.17) is 21.4 Å². The molecule has 0 radical (unpaired) electrons. The molecule has 86 valence electrons. The Bertz CT molecular complexity index is 403. The Kier molecular flexibility index (Phi) is 4.31. The highest BCUT2D eigenvalue weighted by atomic mass is 35.5. The lowest BCUT2D eigenvalue weighted by Gasteiger charge is -2.13. The highest BCUT2D eigenvalue weighted by molar-refractivity contribution is 6.32. The molecule has 16 heavy (non-hydrogen) atoms. The van der Waals surface area contributed by atoms with E-state index in [9.17, 15) is 9.59 Å². The Morgan fingerprint density at radius 3 is 2.81 bits per heavy atom. The molecule has 0 bridgehead atoms. The second-order valence-electron chi connectivity index (χ2n) is 3.33. The van der Waals surface area contributed by atoms with Crippen molar-refractivity contribution in [3.8, 4) is 5.75 Å². The van der Waals surface area contributed by atoms with E-state index in [1.807, 2.05) is 0 Å². The number of aldehydes is 1. The first-order chi connectivity index (χ1) is 7.52. The molecule has 0 aromatic heterocycles. The van der Waals surface area contributed by atoms with E-state index < -0.39 is 12.1 Å². The largest absolute Gasteiger partial charge is 0.489 e. The minimum atomic E-state index is -0.937. The summed E-state index contributed by atoms with van der Waals surface area (Å²) in [6, 6.07) is 4.57. The van der Waals surface area contributed by atoms with E-state index in [0.717, 1.165) is 0 Å². The third-order valence-electron chi connectivity index (χ3n) is 1.88. The van der Waals surface area contributed by atoms with Gasteiger partial charge in [-0.2, -0.15) is 0 Å². The molecule has 4 nitrogen and oxygen atoms in total. The average molecular weight is 243 g/mol. The van der Waals surface area contributed by atoms with E-state index in [0.29, 0.717) is 22.6 Å². The van der Waals surface area contributed by atoms with Crippen LogP contribution in [0.25, 0.3) is 0 Å². The van der Waals surface area contributed by atoms with Gasteiger partial charge >= 0.3 is 5.97 Å². The van der Waals surface area contributed by atoms with Gasteiger partial charge in [-0.15, -0.1) is 0 Å². The van der Waals surface area contributed by atoms with Crippen LogP contribution in [0.2, 0.25) is 5.02 Å².